The average Bonchev–Trinajstić information content (AvgIpc) is 2.92. The number of piperazine rings is 1. The van der Waals surface area contributed by atoms with Crippen molar-refractivity contribution in [3.05, 3.63) is 58.7 Å². The molecule has 0 bridgehead atoms. The number of methoxy groups -OCH3 is 1. The molecule has 1 unspecified atom stereocenters. The number of para-hydroxylation sites is 1. The van der Waals surface area contributed by atoms with Crippen molar-refractivity contribution in [3.8, 4) is 5.75 Å². The van der Waals surface area contributed by atoms with Crippen molar-refractivity contribution in [3.63, 3.8) is 0 Å². The summed E-state index contributed by atoms with van der Waals surface area (Å²) in [5.41, 5.74) is 4.46. The number of hydrogen-bond acceptors (Lipinski definition) is 5. The second-order valence-corrected chi connectivity index (χ2v) is 8.05. The monoisotopic (exact) mass is 447 g/mol. The van der Waals surface area contributed by atoms with Crippen LogP contribution in [0.15, 0.2) is 42.5 Å². The van der Waals surface area contributed by atoms with Crippen molar-refractivity contribution >= 4 is 46.8 Å². The molecule has 2 aliphatic rings. The average molecular weight is 448 g/mol. The van der Waals surface area contributed by atoms with Crippen molar-refractivity contribution in [2.45, 2.75) is 12.6 Å². The fourth-order valence-corrected chi connectivity index (χ4v) is 4.76. The number of aromatic nitrogens is 1. The van der Waals surface area contributed by atoms with Crippen LogP contribution >= 0.6 is 24.0 Å². The van der Waals surface area contributed by atoms with E-state index in [0.29, 0.717) is 17.3 Å². The second-order valence-electron chi connectivity index (χ2n) is 7.62. The Bertz CT molecular complexity index is 1110. The van der Waals surface area contributed by atoms with Crippen LogP contribution in [0.25, 0.3) is 10.9 Å². The lowest BCUT2D eigenvalue weighted by molar-refractivity contribution is 0.121. The molecule has 2 aliphatic heterocycles. The van der Waals surface area contributed by atoms with Gasteiger partial charge in [-0.25, -0.2) is 4.79 Å². The van der Waals surface area contributed by atoms with Gasteiger partial charge in [-0.2, -0.15) is 0 Å². The van der Waals surface area contributed by atoms with Gasteiger partial charge in [-0.05, 0) is 36.9 Å². The maximum atomic E-state index is 12.1. The van der Waals surface area contributed by atoms with Gasteiger partial charge >= 0.3 is 6.16 Å². The predicted molar refractivity (Wildman–Crippen MR) is 120 cm³/mol. The fourth-order valence-electron chi connectivity index (χ4n) is 4.59. The Morgan fingerprint density at radius 1 is 1.17 bits per heavy atom. The van der Waals surface area contributed by atoms with Crippen molar-refractivity contribution in [2.24, 2.45) is 0 Å². The van der Waals surface area contributed by atoms with Gasteiger partial charge in [-0.1, -0.05) is 29.8 Å². The first-order valence-corrected chi connectivity index (χ1v) is 10.0. The van der Waals surface area contributed by atoms with Gasteiger partial charge in [0.25, 0.3) is 0 Å². The van der Waals surface area contributed by atoms with Crippen molar-refractivity contribution in [1.82, 2.24) is 9.47 Å². The first kappa shape index (κ1) is 20.8. The number of likely N-dealkylation sites (N-methyl/N-ethyl adjacent to an activating group) is 1. The van der Waals surface area contributed by atoms with E-state index in [4.69, 9.17) is 21.1 Å². The minimum Gasteiger partial charge on any atom is -0.437 e. The highest BCUT2D eigenvalue weighted by Crippen LogP contribution is 2.45. The number of carbonyl (C=O) groups excluding carboxylic acids is 1. The molecule has 5 rings (SSSR count). The van der Waals surface area contributed by atoms with Gasteiger partial charge in [0.05, 0.1) is 30.9 Å². The van der Waals surface area contributed by atoms with Crippen LogP contribution in [0.3, 0.4) is 0 Å². The Morgan fingerprint density at radius 3 is 2.77 bits per heavy atom. The number of nitrogens with zero attached hydrogens (tertiary/aromatic N) is 3. The van der Waals surface area contributed by atoms with E-state index in [2.05, 4.69) is 45.7 Å². The third-order valence-electron chi connectivity index (χ3n) is 5.90. The van der Waals surface area contributed by atoms with Gasteiger partial charge in [0.15, 0.2) is 5.75 Å². The van der Waals surface area contributed by atoms with Gasteiger partial charge in [0.1, 0.15) is 0 Å². The first-order chi connectivity index (χ1) is 14.1. The fraction of sp³-hybridized carbons (Fsp3) is 0.318. The topological polar surface area (TPSA) is 46.9 Å². The van der Waals surface area contributed by atoms with Gasteiger partial charge in [-0.15, -0.1) is 12.4 Å². The molecule has 1 atom stereocenters. The van der Waals surface area contributed by atoms with Gasteiger partial charge in [0, 0.05) is 35.7 Å². The number of halogens is 2. The standard InChI is InChI=1S/C22H22ClN3O3.ClH/c1-24-9-10-25-17-6-4-3-5-14(17)12-26-18-8-7-15(23)11-16(18)21(29-22(27)28-2)20(26)19(25)13-24;/h3-8,11,19H,9-10,12-13H2,1-2H3;1H. The minimum atomic E-state index is -0.724. The summed E-state index contributed by atoms with van der Waals surface area (Å²) in [4.78, 5) is 16.9. The van der Waals surface area contributed by atoms with Crippen molar-refractivity contribution in [1.29, 1.82) is 0 Å². The van der Waals surface area contributed by atoms with E-state index in [1.807, 2.05) is 18.2 Å². The summed E-state index contributed by atoms with van der Waals surface area (Å²) in [5.74, 6) is 0.535. The van der Waals surface area contributed by atoms with Gasteiger partial charge in [-0.3, -0.25) is 0 Å². The molecular weight excluding hydrogens is 425 g/mol. The summed E-state index contributed by atoms with van der Waals surface area (Å²) in [6, 6.07) is 14.3. The molecule has 0 amide bonds. The van der Waals surface area contributed by atoms with Crippen LogP contribution in [0.2, 0.25) is 5.02 Å². The summed E-state index contributed by atoms with van der Waals surface area (Å²) in [6.07, 6.45) is -0.724. The zero-order valence-electron chi connectivity index (χ0n) is 16.8. The molecule has 2 aromatic carbocycles. The summed E-state index contributed by atoms with van der Waals surface area (Å²) < 4.78 is 12.8. The molecule has 1 aromatic heterocycles. The zero-order valence-corrected chi connectivity index (χ0v) is 18.4. The lowest BCUT2D eigenvalue weighted by Gasteiger charge is -2.41. The summed E-state index contributed by atoms with van der Waals surface area (Å²) >= 11 is 6.30. The normalized spacial score (nSPS) is 18.0. The Labute approximate surface area is 186 Å². The molecule has 0 N–H and O–H groups in total. The highest BCUT2D eigenvalue weighted by atomic mass is 35.5. The van der Waals surface area contributed by atoms with Crippen LogP contribution in [0.5, 0.6) is 5.75 Å². The number of fused-ring (bicyclic) bond motifs is 7. The molecule has 0 saturated carbocycles. The molecule has 30 heavy (non-hydrogen) atoms. The first-order valence-electron chi connectivity index (χ1n) is 9.67. The third-order valence-corrected chi connectivity index (χ3v) is 6.13. The Morgan fingerprint density at radius 2 is 1.97 bits per heavy atom. The molecule has 158 valence electrons. The lowest BCUT2D eigenvalue weighted by Crippen LogP contribution is -2.47. The van der Waals surface area contributed by atoms with E-state index in [1.165, 1.54) is 18.4 Å². The van der Waals surface area contributed by atoms with E-state index in [1.54, 1.807) is 0 Å². The smallest absolute Gasteiger partial charge is 0.437 e. The predicted octanol–water partition coefficient (Wildman–Crippen LogP) is 4.72. The molecule has 0 aliphatic carbocycles. The molecule has 6 nitrogen and oxygen atoms in total. The summed E-state index contributed by atoms with van der Waals surface area (Å²) in [5, 5.41) is 1.43. The van der Waals surface area contributed by atoms with Crippen LogP contribution in [0.4, 0.5) is 10.5 Å². The van der Waals surface area contributed by atoms with Crippen LogP contribution in [-0.2, 0) is 11.3 Å². The molecule has 8 heteroatoms. The zero-order chi connectivity index (χ0) is 20.1. The Hall–Kier alpha value is -2.41. The molecule has 1 fully saturated rings. The number of rotatable bonds is 1. The molecule has 1 saturated heterocycles. The maximum absolute atomic E-state index is 12.1. The van der Waals surface area contributed by atoms with Gasteiger partial charge in [0.2, 0.25) is 0 Å². The van der Waals surface area contributed by atoms with Crippen LogP contribution in [0, 0.1) is 0 Å². The second kappa shape index (κ2) is 8.02. The van der Waals surface area contributed by atoms with Crippen LogP contribution in [-0.4, -0.2) is 49.4 Å². The lowest BCUT2D eigenvalue weighted by atomic mass is 10.1. The maximum Gasteiger partial charge on any atom is 0.513 e. The number of hydrogen-bond donors (Lipinski definition) is 0. The van der Waals surface area contributed by atoms with Gasteiger partial charge < -0.3 is 23.8 Å². The largest absolute Gasteiger partial charge is 0.513 e. The number of anilines is 1. The summed E-state index contributed by atoms with van der Waals surface area (Å²) in [7, 11) is 3.45. The number of benzene rings is 2. The molecule has 3 heterocycles. The quantitative estimate of drug-likeness (QED) is 0.505. The summed E-state index contributed by atoms with van der Waals surface area (Å²) in [6.45, 7) is 3.41. The minimum absolute atomic E-state index is 0. The van der Waals surface area contributed by atoms with E-state index in [0.717, 1.165) is 36.2 Å². The molecular formula is C22H23Cl2N3O3. The third kappa shape index (κ3) is 3.29. The van der Waals surface area contributed by atoms with E-state index < -0.39 is 6.16 Å². The van der Waals surface area contributed by atoms with Crippen molar-refractivity contribution in [2.75, 3.05) is 38.7 Å². The Balaban J connectivity index is 0.00000218. The van der Waals surface area contributed by atoms with Crippen LogP contribution < -0.4 is 9.64 Å². The highest BCUT2D eigenvalue weighted by molar-refractivity contribution is 6.31. The Kier molecular flexibility index (Phi) is 5.57. The van der Waals surface area contributed by atoms with E-state index in [9.17, 15) is 4.79 Å². The van der Waals surface area contributed by atoms with Crippen LogP contribution in [0.1, 0.15) is 17.3 Å². The molecule has 3 aromatic rings. The van der Waals surface area contributed by atoms with E-state index >= 15 is 0 Å². The highest BCUT2D eigenvalue weighted by Gasteiger charge is 2.37. The van der Waals surface area contributed by atoms with Crippen molar-refractivity contribution < 1.29 is 14.3 Å². The molecule has 0 radical (unpaired) electrons. The molecule has 0 spiro atoms. The number of carbonyl (C=O) groups is 1. The number of ether oxygens (including phenoxy) is 2. The SMILES string of the molecule is COC(=O)Oc1c2n(c3ccc(Cl)cc13)Cc1ccccc1N1CCN(C)CC21.Cl. The van der Waals surface area contributed by atoms with E-state index in [-0.39, 0.29) is 18.4 Å².